The molecule has 0 saturated carbocycles. The van der Waals surface area contributed by atoms with Gasteiger partial charge >= 0.3 is 5.97 Å². The molecule has 0 heterocycles. The number of phenolic OH excluding ortho intramolecular Hbond substituents is 1. The summed E-state index contributed by atoms with van der Waals surface area (Å²) >= 11 is 1.25. The van der Waals surface area contributed by atoms with Gasteiger partial charge in [-0.05, 0) is 24.0 Å². The first-order valence-electron chi connectivity index (χ1n) is 6.96. The van der Waals surface area contributed by atoms with Crippen LogP contribution in [0.2, 0.25) is 0 Å². The first-order valence-corrected chi connectivity index (χ1v) is 8.18. The number of carbonyl (C=O) groups is 1. The van der Waals surface area contributed by atoms with Crippen LogP contribution < -0.4 is 5.32 Å². The Labute approximate surface area is 143 Å². The van der Waals surface area contributed by atoms with Gasteiger partial charge in [-0.3, -0.25) is 5.32 Å². The lowest BCUT2D eigenvalue weighted by Crippen LogP contribution is -2.12. The normalized spacial score (nSPS) is 10.8. The van der Waals surface area contributed by atoms with Crippen LogP contribution in [0.1, 0.15) is 15.9 Å². The van der Waals surface area contributed by atoms with Crippen molar-refractivity contribution in [1.29, 1.82) is 5.26 Å². The predicted molar refractivity (Wildman–Crippen MR) is 93.0 cm³/mol. The van der Waals surface area contributed by atoms with Crippen LogP contribution in [0.25, 0.3) is 0 Å². The molecular weight excluding hydrogens is 326 g/mol. The number of hydrogen-bond acceptors (Lipinski definition) is 6. The fourth-order valence-electron chi connectivity index (χ4n) is 1.85. The van der Waals surface area contributed by atoms with E-state index in [4.69, 9.17) is 10.00 Å². The average Bonchev–Trinajstić information content (AvgIpc) is 2.60. The number of ether oxygens (including phenoxy) is 1. The number of rotatable bonds is 4. The zero-order valence-electron chi connectivity index (χ0n) is 12.9. The molecule has 0 bridgehead atoms. The van der Waals surface area contributed by atoms with E-state index in [-0.39, 0.29) is 17.9 Å². The molecular formula is C17H15N3O3S. The molecule has 6 nitrogen and oxygen atoms in total. The Morgan fingerprint density at radius 1 is 1.33 bits per heavy atom. The molecule has 0 fully saturated rings. The smallest absolute Gasteiger partial charge is 0.342 e. The highest BCUT2D eigenvalue weighted by molar-refractivity contribution is 8.13. The minimum Gasteiger partial charge on any atom is -0.507 e. The third-order valence-electron chi connectivity index (χ3n) is 3.00. The predicted octanol–water partition coefficient (Wildman–Crippen LogP) is 3.17. The monoisotopic (exact) mass is 341 g/mol. The molecule has 2 aromatic rings. The first kappa shape index (κ1) is 17.4. The summed E-state index contributed by atoms with van der Waals surface area (Å²) in [7, 11) is 0. The van der Waals surface area contributed by atoms with E-state index in [2.05, 4.69) is 10.3 Å². The molecule has 7 heteroatoms. The molecule has 2 aromatic carbocycles. The molecule has 24 heavy (non-hydrogen) atoms. The molecule has 0 radical (unpaired) electrons. The number of nitrogens with zero attached hydrogens (tertiary/aromatic N) is 2. The highest BCUT2D eigenvalue weighted by Crippen LogP contribution is 2.25. The van der Waals surface area contributed by atoms with E-state index in [0.717, 1.165) is 5.56 Å². The number of benzene rings is 2. The number of phenols is 1. The van der Waals surface area contributed by atoms with Crippen molar-refractivity contribution in [2.75, 3.05) is 6.26 Å². The first-order chi connectivity index (χ1) is 11.6. The summed E-state index contributed by atoms with van der Waals surface area (Å²) in [6.07, 6.45) is 3.54. The van der Waals surface area contributed by atoms with Gasteiger partial charge in [0.05, 0.1) is 5.69 Å². The van der Waals surface area contributed by atoms with Gasteiger partial charge in [-0.25, -0.2) is 9.79 Å². The Hall–Kier alpha value is -2.98. The van der Waals surface area contributed by atoms with Crippen molar-refractivity contribution in [2.45, 2.75) is 6.61 Å². The zero-order valence-corrected chi connectivity index (χ0v) is 13.7. The number of nitriles is 1. The van der Waals surface area contributed by atoms with Crippen LogP contribution in [-0.2, 0) is 11.3 Å². The maximum atomic E-state index is 12.1. The summed E-state index contributed by atoms with van der Waals surface area (Å²) in [5.74, 6) is -0.848. The van der Waals surface area contributed by atoms with E-state index in [1.165, 1.54) is 23.9 Å². The van der Waals surface area contributed by atoms with E-state index < -0.39 is 5.97 Å². The summed E-state index contributed by atoms with van der Waals surface area (Å²) in [5.41, 5.74) is 1.33. The van der Waals surface area contributed by atoms with Crippen LogP contribution in [-0.4, -0.2) is 22.5 Å². The van der Waals surface area contributed by atoms with Crippen molar-refractivity contribution in [3.8, 4) is 11.9 Å². The van der Waals surface area contributed by atoms with Crippen molar-refractivity contribution in [3.63, 3.8) is 0 Å². The van der Waals surface area contributed by atoms with Crippen molar-refractivity contribution in [3.05, 3.63) is 59.7 Å². The van der Waals surface area contributed by atoms with Crippen LogP contribution in [0.4, 0.5) is 5.69 Å². The second-order valence-electron chi connectivity index (χ2n) is 4.62. The zero-order chi connectivity index (χ0) is 17.4. The molecule has 0 aliphatic heterocycles. The second kappa shape index (κ2) is 8.60. The standard InChI is InChI=1S/C17H15N3O3S/c1-24-17(19-11-18)20-13-7-8-14(15(21)9-13)16(22)23-10-12-5-3-2-4-6-12/h2-9,21H,10H2,1H3,(H,19,20). The number of esters is 1. The quantitative estimate of drug-likeness (QED) is 0.292. The lowest BCUT2D eigenvalue weighted by molar-refractivity contribution is 0.0469. The van der Waals surface area contributed by atoms with Crippen molar-refractivity contribution < 1.29 is 14.6 Å². The molecule has 0 amide bonds. The minimum atomic E-state index is -0.618. The van der Waals surface area contributed by atoms with Crippen LogP contribution in [0.15, 0.2) is 53.5 Å². The summed E-state index contributed by atoms with van der Waals surface area (Å²) < 4.78 is 5.18. The Bertz CT molecular complexity index is 785. The summed E-state index contributed by atoms with van der Waals surface area (Å²) in [4.78, 5) is 16.2. The van der Waals surface area contributed by atoms with Gasteiger partial charge < -0.3 is 9.84 Å². The molecule has 0 unspecified atom stereocenters. The summed E-state index contributed by atoms with van der Waals surface area (Å²) in [6, 6.07) is 13.6. The molecule has 0 atom stereocenters. The molecule has 2 N–H and O–H groups in total. The number of thioether (sulfide) groups is 1. The van der Waals surface area contributed by atoms with Crippen LogP contribution in [0.5, 0.6) is 5.75 Å². The number of carbonyl (C=O) groups excluding carboxylic acids is 1. The lowest BCUT2D eigenvalue weighted by Gasteiger charge is -2.07. The van der Waals surface area contributed by atoms with Crippen LogP contribution in [0, 0.1) is 11.5 Å². The fourth-order valence-corrected chi connectivity index (χ4v) is 2.20. The fraction of sp³-hybridized carbons (Fsp3) is 0.118. The lowest BCUT2D eigenvalue weighted by atomic mass is 10.2. The number of nitrogens with one attached hydrogen (secondary N) is 1. The highest BCUT2D eigenvalue weighted by Gasteiger charge is 2.13. The van der Waals surface area contributed by atoms with E-state index in [1.807, 2.05) is 30.3 Å². The van der Waals surface area contributed by atoms with Gasteiger partial charge in [0.15, 0.2) is 11.4 Å². The molecule has 0 aliphatic rings. The minimum absolute atomic E-state index is 0.0591. The van der Waals surface area contributed by atoms with Gasteiger partial charge in [0.25, 0.3) is 0 Å². The Morgan fingerprint density at radius 2 is 2.08 bits per heavy atom. The molecule has 0 aliphatic carbocycles. The molecule has 122 valence electrons. The number of amidine groups is 1. The third-order valence-corrected chi connectivity index (χ3v) is 3.58. The largest absolute Gasteiger partial charge is 0.507 e. The Morgan fingerprint density at radius 3 is 2.71 bits per heavy atom. The Kier molecular flexibility index (Phi) is 6.23. The van der Waals surface area contributed by atoms with Crippen molar-refractivity contribution >= 4 is 28.6 Å². The summed E-state index contributed by atoms with van der Waals surface area (Å²) in [5, 5.41) is 21.4. The van der Waals surface area contributed by atoms with Gasteiger partial charge in [0.1, 0.15) is 17.9 Å². The van der Waals surface area contributed by atoms with Crippen LogP contribution in [0.3, 0.4) is 0 Å². The van der Waals surface area contributed by atoms with Gasteiger partial charge in [-0.15, -0.1) is 0 Å². The topological polar surface area (TPSA) is 94.7 Å². The van der Waals surface area contributed by atoms with Crippen LogP contribution >= 0.6 is 11.8 Å². The van der Waals surface area contributed by atoms with E-state index in [0.29, 0.717) is 10.9 Å². The van der Waals surface area contributed by atoms with Gasteiger partial charge in [-0.2, -0.15) is 5.26 Å². The van der Waals surface area contributed by atoms with E-state index in [1.54, 1.807) is 18.5 Å². The second-order valence-corrected chi connectivity index (χ2v) is 5.42. The molecule has 0 saturated heterocycles. The Balaban J connectivity index is 2.09. The maximum Gasteiger partial charge on any atom is 0.342 e. The molecule has 0 aromatic heterocycles. The number of hydrogen-bond donors (Lipinski definition) is 2. The third kappa shape index (κ3) is 4.76. The average molecular weight is 341 g/mol. The number of aromatic hydroxyl groups is 1. The highest BCUT2D eigenvalue weighted by atomic mass is 32.2. The van der Waals surface area contributed by atoms with Crippen molar-refractivity contribution in [2.24, 2.45) is 4.99 Å². The molecule has 0 spiro atoms. The van der Waals surface area contributed by atoms with Gasteiger partial charge in [0.2, 0.25) is 0 Å². The van der Waals surface area contributed by atoms with E-state index >= 15 is 0 Å². The van der Waals surface area contributed by atoms with Gasteiger partial charge in [0, 0.05) is 6.07 Å². The number of aliphatic imine (C=N–C) groups is 1. The van der Waals surface area contributed by atoms with E-state index in [9.17, 15) is 9.90 Å². The summed E-state index contributed by atoms with van der Waals surface area (Å²) in [6.45, 7) is 0.127. The van der Waals surface area contributed by atoms with Crippen molar-refractivity contribution in [1.82, 2.24) is 5.32 Å². The SMILES string of the molecule is CSC(=Nc1ccc(C(=O)OCc2ccccc2)c(O)c1)NC#N. The maximum absolute atomic E-state index is 12.1. The molecule has 2 rings (SSSR count). The van der Waals surface area contributed by atoms with Gasteiger partial charge in [-0.1, -0.05) is 42.1 Å².